The molecule has 3 aliphatic rings. The van der Waals surface area contributed by atoms with Crippen LogP contribution in [0.5, 0.6) is 0 Å². The summed E-state index contributed by atoms with van der Waals surface area (Å²) >= 11 is 0. The Balaban J connectivity index is 1.28. The number of esters is 1. The molecule has 1 N–H and O–H groups in total. The molecule has 1 saturated carbocycles. The molecular formula is C24H37NO8. The Bertz CT molecular complexity index is 731. The molecule has 1 aliphatic carbocycles. The summed E-state index contributed by atoms with van der Waals surface area (Å²) in [6.07, 6.45) is 6.57. The fraction of sp³-hybridized carbons (Fsp3) is 0.792. The maximum absolute atomic E-state index is 12.0. The zero-order chi connectivity index (χ0) is 24.1. The van der Waals surface area contributed by atoms with Gasteiger partial charge in [-0.2, -0.15) is 0 Å². The van der Waals surface area contributed by atoms with Crippen molar-refractivity contribution >= 4 is 18.0 Å². The van der Waals surface area contributed by atoms with Crippen molar-refractivity contribution in [2.45, 2.75) is 95.7 Å². The predicted octanol–water partition coefficient (Wildman–Crippen LogP) is 3.05. The highest BCUT2D eigenvalue weighted by molar-refractivity contribution is 5.87. The molecule has 3 fully saturated rings. The fourth-order valence-electron chi connectivity index (χ4n) is 4.85. The van der Waals surface area contributed by atoms with Gasteiger partial charge in [0.15, 0.2) is 0 Å². The van der Waals surface area contributed by atoms with Crippen molar-refractivity contribution in [3.8, 4) is 0 Å². The van der Waals surface area contributed by atoms with Crippen LogP contribution in [0.1, 0.15) is 66.2 Å². The van der Waals surface area contributed by atoms with Crippen molar-refractivity contribution in [3.63, 3.8) is 0 Å². The van der Waals surface area contributed by atoms with Gasteiger partial charge in [-0.1, -0.05) is 0 Å². The molecule has 0 radical (unpaired) electrons. The monoisotopic (exact) mass is 467 g/mol. The molecule has 0 aromatic rings. The Morgan fingerprint density at radius 1 is 1.12 bits per heavy atom. The standard InChI is InChI=1S/C24H37NO8/c1-16(32-17(2)26)5-10-21(27)25-19-8-6-18(7-9-19)12-29-22(28)30-13-20-11-24(15-31-24)14-23(3,4)33-20/h5,10,16,18-20H,6-9,11-15H2,1-4H3,(H,25,27)/b10-5-/t16-,18?,19?,20-,24+/m0/s1. The van der Waals surface area contributed by atoms with E-state index in [0.717, 1.165) is 45.1 Å². The number of nitrogens with one attached hydrogen (secondary N) is 1. The number of rotatable bonds is 8. The van der Waals surface area contributed by atoms with Crippen LogP contribution in [0.4, 0.5) is 4.79 Å². The third kappa shape index (κ3) is 8.62. The van der Waals surface area contributed by atoms with Crippen molar-refractivity contribution in [1.29, 1.82) is 0 Å². The van der Waals surface area contributed by atoms with Crippen LogP contribution in [0.3, 0.4) is 0 Å². The van der Waals surface area contributed by atoms with E-state index in [-0.39, 0.29) is 47.7 Å². The second-order valence-electron chi connectivity index (χ2n) is 10.1. The number of carbonyl (C=O) groups excluding carboxylic acids is 3. The van der Waals surface area contributed by atoms with Crippen LogP contribution < -0.4 is 5.32 Å². The van der Waals surface area contributed by atoms with E-state index in [2.05, 4.69) is 5.32 Å². The minimum Gasteiger partial charge on any atom is -0.459 e. The first-order valence-electron chi connectivity index (χ1n) is 11.8. The maximum Gasteiger partial charge on any atom is 0.508 e. The molecular weight excluding hydrogens is 430 g/mol. The van der Waals surface area contributed by atoms with E-state index >= 15 is 0 Å². The predicted molar refractivity (Wildman–Crippen MR) is 118 cm³/mol. The van der Waals surface area contributed by atoms with E-state index in [1.54, 1.807) is 13.0 Å². The van der Waals surface area contributed by atoms with E-state index in [9.17, 15) is 14.4 Å². The molecule has 33 heavy (non-hydrogen) atoms. The van der Waals surface area contributed by atoms with Crippen LogP contribution >= 0.6 is 0 Å². The molecule has 3 atom stereocenters. The molecule has 0 bridgehead atoms. The lowest BCUT2D eigenvalue weighted by molar-refractivity contribution is -0.147. The second kappa shape index (κ2) is 10.9. The highest BCUT2D eigenvalue weighted by Gasteiger charge is 2.54. The molecule has 0 aromatic carbocycles. The summed E-state index contributed by atoms with van der Waals surface area (Å²) in [5.74, 6) is -0.341. The first kappa shape index (κ1) is 25.5. The first-order valence-corrected chi connectivity index (χ1v) is 11.8. The Kier molecular flexibility index (Phi) is 8.39. The van der Waals surface area contributed by atoms with E-state index in [1.165, 1.54) is 13.0 Å². The third-order valence-corrected chi connectivity index (χ3v) is 6.27. The van der Waals surface area contributed by atoms with Crippen LogP contribution in [0, 0.1) is 5.92 Å². The van der Waals surface area contributed by atoms with Gasteiger partial charge in [0.25, 0.3) is 0 Å². The van der Waals surface area contributed by atoms with Crippen molar-refractivity contribution in [2.75, 3.05) is 19.8 Å². The largest absolute Gasteiger partial charge is 0.508 e. The maximum atomic E-state index is 12.0. The summed E-state index contributed by atoms with van der Waals surface area (Å²) in [6, 6.07) is 0.0816. The number of ether oxygens (including phenoxy) is 5. The Morgan fingerprint density at radius 3 is 2.42 bits per heavy atom. The topological polar surface area (TPSA) is 113 Å². The lowest BCUT2D eigenvalue weighted by atomic mass is 9.86. The molecule has 2 aliphatic heterocycles. The van der Waals surface area contributed by atoms with E-state index in [0.29, 0.717) is 6.61 Å². The lowest BCUT2D eigenvalue weighted by Gasteiger charge is -2.39. The van der Waals surface area contributed by atoms with Crippen LogP contribution in [-0.2, 0) is 33.3 Å². The number of hydrogen-bond acceptors (Lipinski definition) is 8. The molecule has 1 amide bonds. The lowest BCUT2D eigenvalue weighted by Crippen LogP contribution is -2.45. The van der Waals surface area contributed by atoms with E-state index < -0.39 is 12.3 Å². The number of epoxide rings is 1. The van der Waals surface area contributed by atoms with Gasteiger partial charge in [0.2, 0.25) is 5.91 Å². The summed E-state index contributed by atoms with van der Waals surface area (Å²) in [5.41, 5.74) is -0.402. The van der Waals surface area contributed by atoms with Crippen molar-refractivity contribution < 1.29 is 38.1 Å². The smallest absolute Gasteiger partial charge is 0.459 e. The molecule has 0 aromatic heterocycles. The summed E-state index contributed by atoms with van der Waals surface area (Å²) in [7, 11) is 0. The average molecular weight is 468 g/mol. The molecule has 0 unspecified atom stereocenters. The van der Waals surface area contributed by atoms with Gasteiger partial charge in [-0.3, -0.25) is 9.59 Å². The number of hydrogen-bond donors (Lipinski definition) is 1. The molecule has 9 heteroatoms. The molecule has 2 saturated heterocycles. The Labute approximate surface area is 195 Å². The highest BCUT2D eigenvalue weighted by atomic mass is 16.7. The first-order chi connectivity index (χ1) is 15.5. The van der Waals surface area contributed by atoms with Crippen LogP contribution in [0.15, 0.2) is 12.2 Å². The summed E-state index contributed by atoms with van der Waals surface area (Å²) < 4.78 is 27.2. The molecule has 3 rings (SSSR count). The quantitative estimate of drug-likeness (QED) is 0.329. The van der Waals surface area contributed by atoms with Crippen molar-refractivity contribution in [1.82, 2.24) is 5.32 Å². The van der Waals surface area contributed by atoms with Gasteiger partial charge in [0.05, 0.1) is 30.5 Å². The van der Waals surface area contributed by atoms with Gasteiger partial charge in [0.1, 0.15) is 12.7 Å². The van der Waals surface area contributed by atoms with Gasteiger partial charge < -0.3 is 29.0 Å². The van der Waals surface area contributed by atoms with Crippen LogP contribution in [0.2, 0.25) is 0 Å². The highest BCUT2D eigenvalue weighted by Crippen LogP contribution is 2.45. The third-order valence-electron chi connectivity index (χ3n) is 6.27. The summed E-state index contributed by atoms with van der Waals surface area (Å²) in [4.78, 5) is 35.0. The second-order valence-corrected chi connectivity index (χ2v) is 10.1. The van der Waals surface area contributed by atoms with E-state index in [1.807, 2.05) is 13.8 Å². The van der Waals surface area contributed by atoms with Gasteiger partial charge in [-0.15, -0.1) is 0 Å². The zero-order valence-electron chi connectivity index (χ0n) is 20.1. The molecule has 1 spiro atoms. The minimum absolute atomic E-state index is 0.0816. The molecule has 186 valence electrons. The molecule has 9 nitrogen and oxygen atoms in total. The Hall–Kier alpha value is -2.13. The SMILES string of the molecule is CC(=O)O[C@@H](C)/C=C\C(=O)NC1CCC(COC(=O)OC[C@@H]2C[C@]3(CO3)CC(C)(C)O2)CC1. The van der Waals surface area contributed by atoms with Crippen molar-refractivity contribution in [3.05, 3.63) is 12.2 Å². The fourth-order valence-corrected chi connectivity index (χ4v) is 4.85. The number of amides is 1. The summed E-state index contributed by atoms with van der Waals surface area (Å²) in [6.45, 7) is 8.30. The van der Waals surface area contributed by atoms with Gasteiger partial charge in [-0.05, 0) is 58.4 Å². The van der Waals surface area contributed by atoms with E-state index in [4.69, 9.17) is 23.7 Å². The van der Waals surface area contributed by atoms with Crippen molar-refractivity contribution in [2.24, 2.45) is 5.92 Å². The Morgan fingerprint density at radius 2 is 1.79 bits per heavy atom. The summed E-state index contributed by atoms with van der Waals surface area (Å²) in [5, 5.41) is 2.97. The van der Waals surface area contributed by atoms with Crippen LogP contribution in [-0.4, -0.2) is 67.3 Å². The van der Waals surface area contributed by atoms with Gasteiger partial charge in [-0.25, -0.2) is 4.79 Å². The zero-order valence-corrected chi connectivity index (χ0v) is 20.1. The van der Waals surface area contributed by atoms with Crippen LogP contribution in [0.25, 0.3) is 0 Å². The number of carbonyl (C=O) groups is 3. The normalized spacial score (nSPS) is 31.6. The van der Waals surface area contributed by atoms with Gasteiger partial charge in [0, 0.05) is 31.9 Å². The molecule has 2 heterocycles. The minimum atomic E-state index is -0.671. The average Bonchev–Trinajstić information content (AvgIpc) is 3.46. The van der Waals surface area contributed by atoms with Gasteiger partial charge >= 0.3 is 12.1 Å².